The molecule has 2 rings (SSSR count). The van der Waals surface area contributed by atoms with Crippen LogP contribution in [0.5, 0.6) is 0 Å². The molecule has 1 aliphatic rings. The SMILES string of the molecule is Cc1ccc(/C=C/C(=O)OCC(=O)N[C@@H](C)C2CC2)cc1. The van der Waals surface area contributed by atoms with E-state index in [1.165, 1.54) is 18.9 Å². The van der Waals surface area contributed by atoms with Crippen LogP contribution in [0.3, 0.4) is 0 Å². The molecule has 0 saturated heterocycles. The number of amides is 1. The first-order chi connectivity index (χ1) is 10.0. The van der Waals surface area contributed by atoms with Crippen LogP contribution in [0, 0.1) is 12.8 Å². The number of rotatable bonds is 6. The van der Waals surface area contributed by atoms with Gasteiger partial charge in [-0.05, 0) is 44.2 Å². The second kappa shape index (κ2) is 7.07. The van der Waals surface area contributed by atoms with Crippen LogP contribution in [-0.2, 0) is 14.3 Å². The number of hydrogen-bond donors (Lipinski definition) is 1. The molecular formula is C17H21NO3. The molecular weight excluding hydrogens is 266 g/mol. The maximum atomic E-state index is 11.6. The van der Waals surface area contributed by atoms with E-state index in [4.69, 9.17) is 4.74 Å². The van der Waals surface area contributed by atoms with Crippen LogP contribution in [-0.4, -0.2) is 24.5 Å². The third-order valence-corrected chi connectivity index (χ3v) is 3.55. The molecule has 0 aromatic heterocycles. The van der Waals surface area contributed by atoms with Gasteiger partial charge in [0.25, 0.3) is 5.91 Å². The molecule has 1 atom stereocenters. The van der Waals surface area contributed by atoms with E-state index in [9.17, 15) is 9.59 Å². The summed E-state index contributed by atoms with van der Waals surface area (Å²) < 4.78 is 4.91. The normalized spacial score (nSPS) is 15.7. The second-order valence-electron chi connectivity index (χ2n) is 5.55. The summed E-state index contributed by atoms with van der Waals surface area (Å²) >= 11 is 0. The summed E-state index contributed by atoms with van der Waals surface area (Å²) in [5.74, 6) is -0.164. The minimum absolute atomic E-state index is 0.166. The van der Waals surface area contributed by atoms with Crippen LogP contribution < -0.4 is 5.32 Å². The van der Waals surface area contributed by atoms with Crippen molar-refractivity contribution in [3.05, 3.63) is 41.5 Å². The predicted molar refractivity (Wildman–Crippen MR) is 81.5 cm³/mol. The van der Waals surface area contributed by atoms with Gasteiger partial charge >= 0.3 is 5.97 Å². The zero-order chi connectivity index (χ0) is 15.2. The number of aryl methyl sites for hydroxylation is 1. The fraction of sp³-hybridized carbons (Fsp3) is 0.412. The highest BCUT2D eigenvalue weighted by molar-refractivity contribution is 5.89. The molecule has 0 aliphatic heterocycles. The van der Waals surface area contributed by atoms with E-state index < -0.39 is 5.97 Å². The van der Waals surface area contributed by atoms with E-state index in [0.29, 0.717) is 5.92 Å². The zero-order valence-electron chi connectivity index (χ0n) is 12.5. The minimum atomic E-state index is -0.509. The van der Waals surface area contributed by atoms with Crippen molar-refractivity contribution in [3.63, 3.8) is 0 Å². The number of ether oxygens (including phenoxy) is 1. The summed E-state index contributed by atoms with van der Waals surface area (Å²) in [6.07, 6.45) is 5.34. The highest BCUT2D eigenvalue weighted by Crippen LogP contribution is 2.32. The van der Waals surface area contributed by atoms with Gasteiger partial charge in [-0.15, -0.1) is 0 Å². The van der Waals surface area contributed by atoms with Crippen molar-refractivity contribution in [1.29, 1.82) is 0 Å². The second-order valence-corrected chi connectivity index (χ2v) is 5.55. The first-order valence-corrected chi connectivity index (χ1v) is 7.25. The van der Waals surface area contributed by atoms with Gasteiger partial charge in [-0.1, -0.05) is 29.8 Å². The Kier molecular flexibility index (Phi) is 5.14. The van der Waals surface area contributed by atoms with Gasteiger partial charge in [0, 0.05) is 12.1 Å². The minimum Gasteiger partial charge on any atom is -0.452 e. The summed E-state index contributed by atoms with van der Waals surface area (Å²) in [6, 6.07) is 7.95. The quantitative estimate of drug-likeness (QED) is 0.646. The predicted octanol–water partition coefficient (Wildman–Crippen LogP) is 2.47. The number of carbonyl (C=O) groups is 2. The number of esters is 1. The molecule has 112 valence electrons. The van der Waals surface area contributed by atoms with Gasteiger partial charge in [0.05, 0.1) is 0 Å². The summed E-state index contributed by atoms with van der Waals surface area (Å²) in [5, 5.41) is 2.84. The summed E-state index contributed by atoms with van der Waals surface area (Å²) in [6.45, 7) is 3.76. The molecule has 1 fully saturated rings. The Morgan fingerprint density at radius 2 is 2.00 bits per heavy atom. The summed E-state index contributed by atoms with van der Waals surface area (Å²) in [7, 11) is 0. The molecule has 1 N–H and O–H groups in total. The van der Waals surface area contributed by atoms with Gasteiger partial charge in [-0.25, -0.2) is 4.79 Å². The van der Waals surface area contributed by atoms with Gasteiger partial charge in [0.2, 0.25) is 0 Å². The van der Waals surface area contributed by atoms with Gasteiger partial charge < -0.3 is 10.1 Å². The average Bonchev–Trinajstić information content (AvgIpc) is 3.29. The molecule has 0 heterocycles. The molecule has 1 aliphatic carbocycles. The van der Waals surface area contributed by atoms with Crippen molar-refractivity contribution in [3.8, 4) is 0 Å². The lowest BCUT2D eigenvalue weighted by Crippen LogP contribution is -2.36. The maximum absolute atomic E-state index is 11.6. The lowest BCUT2D eigenvalue weighted by atomic mass is 10.1. The van der Waals surface area contributed by atoms with Crippen LogP contribution in [0.2, 0.25) is 0 Å². The number of benzene rings is 1. The Morgan fingerprint density at radius 3 is 2.62 bits per heavy atom. The lowest BCUT2D eigenvalue weighted by molar-refractivity contribution is -0.144. The van der Waals surface area contributed by atoms with Gasteiger partial charge in [-0.2, -0.15) is 0 Å². The Balaban J connectivity index is 1.71. The maximum Gasteiger partial charge on any atom is 0.331 e. The van der Waals surface area contributed by atoms with E-state index in [2.05, 4.69) is 5.32 Å². The van der Waals surface area contributed by atoms with Crippen molar-refractivity contribution in [2.75, 3.05) is 6.61 Å². The Hall–Kier alpha value is -2.10. The molecule has 1 saturated carbocycles. The largest absolute Gasteiger partial charge is 0.452 e. The molecule has 0 bridgehead atoms. The first-order valence-electron chi connectivity index (χ1n) is 7.25. The summed E-state index contributed by atoms with van der Waals surface area (Å²) in [4.78, 5) is 23.1. The van der Waals surface area contributed by atoms with Crippen molar-refractivity contribution >= 4 is 18.0 Å². The van der Waals surface area contributed by atoms with Crippen LogP contribution >= 0.6 is 0 Å². The Morgan fingerprint density at radius 1 is 1.33 bits per heavy atom. The molecule has 0 radical (unpaired) electrons. The van der Waals surface area contributed by atoms with Crippen LogP contribution in [0.15, 0.2) is 30.3 Å². The van der Waals surface area contributed by atoms with Gasteiger partial charge in [0.1, 0.15) is 0 Å². The molecule has 0 unspecified atom stereocenters. The molecule has 21 heavy (non-hydrogen) atoms. The van der Waals surface area contributed by atoms with Crippen molar-refractivity contribution in [2.24, 2.45) is 5.92 Å². The first kappa shape index (κ1) is 15.3. The molecule has 0 spiro atoms. The fourth-order valence-corrected chi connectivity index (χ4v) is 2.04. The molecule has 4 heteroatoms. The molecule has 1 amide bonds. The average molecular weight is 287 g/mol. The molecule has 1 aromatic carbocycles. The standard InChI is InChI=1S/C17H21NO3/c1-12-3-5-14(6-4-12)7-10-17(20)21-11-16(19)18-13(2)15-8-9-15/h3-7,10,13,15H,8-9,11H2,1-2H3,(H,18,19)/b10-7+/t13-/m0/s1. The van der Waals surface area contributed by atoms with Crippen molar-refractivity contribution < 1.29 is 14.3 Å². The van der Waals surface area contributed by atoms with Crippen LogP contribution in [0.4, 0.5) is 0 Å². The smallest absolute Gasteiger partial charge is 0.331 e. The monoisotopic (exact) mass is 287 g/mol. The third-order valence-electron chi connectivity index (χ3n) is 3.55. The van der Waals surface area contributed by atoms with E-state index >= 15 is 0 Å². The van der Waals surface area contributed by atoms with E-state index in [0.717, 1.165) is 11.1 Å². The van der Waals surface area contributed by atoms with Crippen molar-refractivity contribution in [2.45, 2.75) is 32.7 Å². The number of carbonyl (C=O) groups excluding carboxylic acids is 2. The van der Waals surface area contributed by atoms with E-state index in [-0.39, 0.29) is 18.6 Å². The van der Waals surface area contributed by atoms with Crippen LogP contribution in [0.1, 0.15) is 30.9 Å². The number of nitrogens with one attached hydrogen (secondary N) is 1. The Labute approximate surface area is 125 Å². The molecule has 1 aromatic rings. The van der Waals surface area contributed by atoms with Crippen LogP contribution in [0.25, 0.3) is 6.08 Å². The highest BCUT2D eigenvalue weighted by atomic mass is 16.5. The highest BCUT2D eigenvalue weighted by Gasteiger charge is 2.28. The van der Waals surface area contributed by atoms with Crippen molar-refractivity contribution in [1.82, 2.24) is 5.32 Å². The topological polar surface area (TPSA) is 55.4 Å². The summed E-state index contributed by atoms with van der Waals surface area (Å²) in [5.41, 5.74) is 2.08. The lowest BCUT2D eigenvalue weighted by Gasteiger charge is -2.12. The zero-order valence-corrected chi connectivity index (χ0v) is 12.5. The number of hydrogen-bond acceptors (Lipinski definition) is 3. The molecule has 4 nitrogen and oxygen atoms in total. The van der Waals surface area contributed by atoms with Gasteiger partial charge in [-0.3, -0.25) is 4.79 Å². The van der Waals surface area contributed by atoms with Gasteiger partial charge in [0.15, 0.2) is 6.61 Å². The van der Waals surface area contributed by atoms with E-state index in [1.807, 2.05) is 38.1 Å². The third kappa shape index (κ3) is 5.42. The Bertz CT molecular complexity index is 529. The van der Waals surface area contributed by atoms with E-state index in [1.54, 1.807) is 6.08 Å². The fourth-order valence-electron chi connectivity index (χ4n) is 2.04.